The van der Waals surface area contributed by atoms with Gasteiger partial charge in [-0.2, -0.15) is 0 Å². The molecular formula is C42H76O6. The zero-order valence-electron chi connectivity index (χ0n) is 31.8. The number of allylic oxidation sites excluding steroid dienone is 4. The minimum Gasteiger partial charge on any atom is -0.462 e. The van der Waals surface area contributed by atoms with Crippen molar-refractivity contribution in [2.45, 2.75) is 213 Å². The van der Waals surface area contributed by atoms with Crippen molar-refractivity contribution in [3.05, 3.63) is 24.3 Å². The summed E-state index contributed by atoms with van der Waals surface area (Å²) >= 11 is 0. The van der Waals surface area contributed by atoms with Crippen molar-refractivity contribution in [2.24, 2.45) is 0 Å². The molecule has 0 saturated carbocycles. The van der Waals surface area contributed by atoms with E-state index in [9.17, 15) is 14.4 Å². The van der Waals surface area contributed by atoms with Crippen LogP contribution in [-0.4, -0.2) is 37.2 Å². The number of unbranched alkanes of at least 4 members (excludes halogenated alkanes) is 21. The molecule has 0 heterocycles. The molecule has 6 heteroatoms. The van der Waals surface area contributed by atoms with Crippen molar-refractivity contribution in [3.8, 4) is 0 Å². The minimum atomic E-state index is -0.766. The first-order valence-corrected chi connectivity index (χ1v) is 20.3. The average molecular weight is 677 g/mol. The fourth-order valence-corrected chi connectivity index (χ4v) is 5.60. The van der Waals surface area contributed by atoms with Crippen molar-refractivity contribution in [1.82, 2.24) is 0 Å². The number of hydrogen-bond acceptors (Lipinski definition) is 6. The van der Waals surface area contributed by atoms with E-state index in [1.54, 1.807) is 0 Å². The Balaban J connectivity index is 4.32. The molecule has 0 N–H and O–H groups in total. The summed E-state index contributed by atoms with van der Waals surface area (Å²) in [7, 11) is 0. The van der Waals surface area contributed by atoms with E-state index < -0.39 is 6.10 Å². The van der Waals surface area contributed by atoms with E-state index in [4.69, 9.17) is 14.2 Å². The monoisotopic (exact) mass is 677 g/mol. The Bertz CT molecular complexity index is 789. The van der Waals surface area contributed by atoms with E-state index >= 15 is 0 Å². The van der Waals surface area contributed by atoms with E-state index in [0.717, 1.165) is 83.5 Å². The number of rotatable bonds is 36. The molecule has 0 aromatic rings. The summed E-state index contributed by atoms with van der Waals surface area (Å²) in [6, 6.07) is 0. The van der Waals surface area contributed by atoms with Gasteiger partial charge in [-0.1, -0.05) is 167 Å². The molecule has 0 bridgehead atoms. The molecule has 0 aromatic carbocycles. The predicted octanol–water partition coefficient (Wildman–Crippen LogP) is 12.5. The zero-order valence-corrected chi connectivity index (χ0v) is 31.8. The van der Waals surface area contributed by atoms with Gasteiger partial charge in [-0.3, -0.25) is 14.4 Å². The van der Waals surface area contributed by atoms with Gasteiger partial charge in [0.05, 0.1) is 0 Å². The molecule has 0 aliphatic heterocycles. The summed E-state index contributed by atoms with van der Waals surface area (Å²) in [5.41, 5.74) is 0. The lowest BCUT2D eigenvalue weighted by atomic mass is 10.1. The van der Waals surface area contributed by atoms with Crippen molar-refractivity contribution < 1.29 is 28.6 Å². The third kappa shape index (κ3) is 35.2. The second-order valence-corrected chi connectivity index (χ2v) is 13.6. The fourth-order valence-electron chi connectivity index (χ4n) is 5.60. The zero-order chi connectivity index (χ0) is 35.2. The number of hydrogen-bond donors (Lipinski definition) is 0. The Morgan fingerprint density at radius 3 is 1.23 bits per heavy atom. The molecule has 0 aromatic heterocycles. The Kier molecular flexibility index (Phi) is 36.0. The van der Waals surface area contributed by atoms with Gasteiger partial charge >= 0.3 is 17.9 Å². The topological polar surface area (TPSA) is 78.9 Å². The molecule has 6 nitrogen and oxygen atoms in total. The highest BCUT2D eigenvalue weighted by molar-refractivity contribution is 5.71. The quantitative estimate of drug-likeness (QED) is 0.0284. The highest BCUT2D eigenvalue weighted by Crippen LogP contribution is 2.14. The normalized spacial score (nSPS) is 12.1. The maximum Gasteiger partial charge on any atom is 0.306 e. The van der Waals surface area contributed by atoms with Gasteiger partial charge in [-0.05, 0) is 44.9 Å². The van der Waals surface area contributed by atoms with Crippen LogP contribution >= 0.6 is 0 Å². The lowest BCUT2D eigenvalue weighted by Gasteiger charge is -2.18. The number of carbonyl (C=O) groups excluding carboxylic acids is 3. The second kappa shape index (κ2) is 37.7. The average Bonchev–Trinajstić information content (AvgIpc) is 3.08. The summed E-state index contributed by atoms with van der Waals surface area (Å²) in [4.78, 5) is 37.3. The van der Waals surface area contributed by atoms with Gasteiger partial charge in [-0.25, -0.2) is 0 Å². The van der Waals surface area contributed by atoms with E-state index in [1.807, 2.05) is 0 Å². The molecule has 0 rings (SSSR count). The lowest BCUT2D eigenvalue weighted by Crippen LogP contribution is -2.30. The molecule has 0 fully saturated rings. The Hall–Kier alpha value is -2.11. The summed E-state index contributed by atoms with van der Waals surface area (Å²) in [6.45, 7) is 6.48. The van der Waals surface area contributed by atoms with Gasteiger partial charge in [0.2, 0.25) is 0 Å². The van der Waals surface area contributed by atoms with Gasteiger partial charge < -0.3 is 14.2 Å². The van der Waals surface area contributed by atoms with Crippen LogP contribution in [0.25, 0.3) is 0 Å². The van der Waals surface area contributed by atoms with Crippen LogP contribution in [0.5, 0.6) is 0 Å². The van der Waals surface area contributed by atoms with Gasteiger partial charge in [-0.15, -0.1) is 0 Å². The number of carbonyl (C=O) groups is 3. The standard InChI is InChI=1S/C42H76O6/c1-4-7-10-13-16-18-20-21-23-24-26-29-32-35-41(44)47-38-39(37-46-40(43)34-31-28-15-12-9-6-3)48-42(45)36-33-30-27-25-22-19-17-14-11-8-5-2/h10,13,18,20,39H,4-9,11-12,14-17,19,21-38H2,1-3H3/b13-10-,20-18-. The number of ether oxygens (including phenoxy) is 3. The van der Waals surface area contributed by atoms with Crippen molar-refractivity contribution in [2.75, 3.05) is 13.2 Å². The fraction of sp³-hybridized carbons (Fsp3) is 0.833. The summed E-state index contributed by atoms with van der Waals surface area (Å²) in [5, 5.41) is 0. The summed E-state index contributed by atoms with van der Waals surface area (Å²) in [6.07, 6.45) is 38.9. The minimum absolute atomic E-state index is 0.0740. The molecule has 0 aliphatic carbocycles. The molecule has 0 spiro atoms. The van der Waals surface area contributed by atoms with Crippen molar-refractivity contribution in [3.63, 3.8) is 0 Å². The molecule has 0 saturated heterocycles. The third-order valence-electron chi connectivity index (χ3n) is 8.69. The van der Waals surface area contributed by atoms with Gasteiger partial charge in [0.1, 0.15) is 13.2 Å². The highest BCUT2D eigenvalue weighted by atomic mass is 16.6. The molecular weight excluding hydrogens is 600 g/mol. The Morgan fingerprint density at radius 2 is 0.792 bits per heavy atom. The molecule has 1 atom stereocenters. The molecule has 0 aliphatic rings. The van der Waals surface area contributed by atoms with E-state index in [2.05, 4.69) is 45.1 Å². The summed E-state index contributed by atoms with van der Waals surface area (Å²) < 4.78 is 16.5. The van der Waals surface area contributed by atoms with Crippen LogP contribution in [-0.2, 0) is 28.6 Å². The third-order valence-corrected chi connectivity index (χ3v) is 8.69. The first-order valence-electron chi connectivity index (χ1n) is 20.3. The molecule has 0 radical (unpaired) electrons. The van der Waals surface area contributed by atoms with Crippen LogP contribution < -0.4 is 0 Å². The van der Waals surface area contributed by atoms with Gasteiger partial charge in [0.15, 0.2) is 6.10 Å². The van der Waals surface area contributed by atoms with E-state index in [-0.39, 0.29) is 31.1 Å². The van der Waals surface area contributed by atoms with Crippen molar-refractivity contribution >= 4 is 17.9 Å². The summed E-state index contributed by atoms with van der Waals surface area (Å²) in [5.74, 6) is -0.900. The predicted molar refractivity (Wildman–Crippen MR) is 201 cm³/mol. The molecule has 280 valence electrons. The molecule has 1 unspecified atom stereocenters. The van der Waals surface area contributed by atoms with Crippen LogP contribution in [0.3, 0.4) is 0 Å². The maximum atomic E-state index is 12.6. The molecule has 48 heavy (non-hydrogen) atoms. The van der Waals surface area contributed by atoms with Crippen LogP contribution in [0.2, 0.25) is 0 Å². The largest absolute Gasteiger partial charge is 0.462 e. The molecule has 0 amide bonds. The van der Waals surface area contributed by atoms with Crippen LogP contribution in [0.4, 0.5) is 0 Å². The lowest BCUT2D eigenvalue weighted by molar-refractivity contribution is -0.167. The van der Waals surface area contributed by atoms with E-state index in [0.29, 0.717) is 19.3 Å². The number of esters is 3. The first kappa shape index (κ1) is 45.9. The highest BCUT2D eigenvalue weighted by Gasteiger charge is 2.19. The van der Waals surface area contributed by atoms with Gasteiger partial charge in [0.25, 0.3) is 0 Å². The Morgan fingerprint density at radius 1 is 0.417 bits per heavy atom. The maximum absolute atomic E-state index is 12.6. The smallest absolute Gasteiger partial charge is 0.306 e. The van der Waals surface area contributed by atoms with Crippen LogP contribution in [0.1, 0.15) is 207 Å². The first-order chi connectivity index (χ1) is 23.5. The second-order valence-electron chi connectivity index (χ2n) is 13.6. The van der Waals surface area contributed by atoms with Crippen LogP contribution in [0.15, 0.2) is 24.3 Å². The Labute approximate surface area is 296 Å². The van der Waals surface area contributed by atoms with Crippen molar-refractivity contribution in [1.29, 1.82) is 0 Å². The SMILES string of the molecule is CCC/C=C\C/C=C\CCCCCCCC(=O)OCC(COC(=O)CCCCCCCC)OC(=O)CCCCCCCCCCCCC. The van der Waals surface area contributed by atoms with E-state index in [1.165, 1.54) is 83.5 Å². The van der Waals surface area contributed by atoms with Crippen LogP contribution in [0, 0.1) is 0 Å². The van der Waals surface area contributed by atoms with Gasteiger partial charge in [0, 0.05) is 19.3 Å².